The second-order valence-corrected chi connectivity index (χ2v) is 5.44. The van der Waals surface area contributed by atoms with Crippen LogP contribution in [0.2, 0.25) is 0 Å². The molecule has 2 aromatic carbocycles. The normalized spacial score (nSPS) is 10.7. The summed E-state index contributed by atoms with van der Waals surface area (Å²) >= 11 is 1.42. The number of aromatic hydroxyl groups is 1. The first-order chi connectivity index (χ1) is 9.65. The van der Waals surface area contributed by atoms with Crippen molar-refractivity contribution in [2.75, 3.05) is 5.32 Å². The molecule has 1 heterocycles. The predicted molar refractivity (Wildman–Crippen MR) is 80.4 cm³/mol. The number of thiazole rings is 1. The molecule has 0 fully saturated rings. The van der Waals surface area contributed by atoms with Gasteiger partial charge in [-0.1, -0.05) is 35.6 Å². The molecule has 3 aromatic rings. The first kappa shape index (κ1) is 12.6. The second-order valence-electron chi connectivity index (χ2n) is 4.41. The fourth-order valence-electron chi connectivity index (χ4n) is 1.97. The van der Waals surface area contributed by atoms with Gasteiger partial charge >= 0.3 is 0 Å². The first-order valence-electron chi connectivity index (χ1n) is 6.10. The van der Waals surface area contributed by atoms with Crippen LogP contribution in [0.25, 0.3) is 10.2 Å². The average Bonchev–Trinajstić information content (AvgIpc) is 2.83. The third-order valence-electron chi connectivity index (χ3n) is 2.99. The lowest BCUT2D eigenvalue weighted by molar-refractivity contribution is 0.102. The number of anilines is 1. The Labute approximate surface area is 119 Å². The predicted octanol–water partition coefficient (Wildman–Crippen LogP) is 3.56. The van der Waals surface area contributed by atoms with Gasteiger partial charge in [-0.15, -0.1) is 0 Å². The number of para-hydroxylation sites is 2. The van der Waals surface area contributed by atoms with E-state index in [-0.39, 0.29) is 17.2 Å². The van der Waals surface area contributed by atoms with Gasteiger partial charge in [-0.25, -0.2) is 4.98 Å². The molecule has 0 spiro atoms. The number of aryl methyl sites for hydroxylation is 1. The Bertz CT molecular complexity index is 795. The summed E-state index contributed by atoms with van der Waals surface area (Å²) in [5.41, 5.74) is 2.20. The summed E-state index contributed by atoms with van der Waals surface area (Å²) < 4.78 is 1.03. The summed E-state index contributed by atoms with van der Waals surface area (Å²) in [5.74, 6) is -0.401. The SMILES string of the molecule is Cc1cccc2sc(NC(=O)c3ccccc3O)nc12. The number of hydrogen-bond donors (Lipinski definition) is 2. The summed E-state index contributed by atoms with van der Waals surface area (Å²) in [7, 11) is 0. The van der Waals surface area contributed by atoms with Crippen molar-refractivity contribution in [3.05, 3.63) is 53.6 Å². The van der Waals surface area contributed by atoms with Crippen LogP contribution in [0, 0.1) is 6.92 Å². The molecule has 4 nitrogen and oxygen atoms in total. The maximum absolute atomic E-state index is 12.1. The van der Waals surface area contributed by atoms with Gasteiger partial charge in [0.25, 0.3) is 5.91 Å². The van der Waals surface area contributed by atoms with Crippen molar-refractivity contribution >= 4 is 32.6 Å². The van der Waals surface area contributed by atoms with E-state index in [0.717, 1.165) is 15.8 Å². The highest BCUT2D eigenvalue weighted by atomic mass is 32.1. The molecule has 1 aromatic heterocycles. The molecule has 0 aliphatic heterocycles. The van der Waals surface area contributed by atoms with Crippen LogP contribution in [0.4, 0.5) is 5.13 Å². The van der Waals surface area contributed by atoms with E-state index in [9.17, 15) is 9.90 Å². The highest BCUT2D eigenvalue weighted by Gasteiger charge is 2.13. The molecule has 0 aliphatic carbocycles. The largest absolute Gasteiger partial charge is 0.507 e. The molecule has 20 heavy (non-hydrogen) atoms. The van der Waals surface area contributed by atoms with E-state index >= 15 is 0 Å². The van der Waals surface area contributed by atoms with Gasteiger partial charge in [0.1, 0.15) is 5.75 Å². The van der Waals surface area contributed by atoms with Gasteiger partial charge in [-0.2, -0.15) is 0 Å². The van der Waals surface area contributed by atoms with Crippen molar-refractivity contribution in [2.24, 2.45) is 0 Å². The number of hydrogen-bond acceptors (Lipinski definition) is 4. The smallest absolute Gasteiger partial charge is 0.261 e. The molecule has 0 unspecified atom stereocenters. The van der Waals surface area contributed by atoms with Crippen LogP contribution in [0.5, 0.6) is 5.75 Å². The molecule has 0 aliphatic rings. The number of amides is 1. The van der Waals surface area contributed by atoms with E-state index in [1.807, 2.05) is 25.1 Å². The number of phenols is 1. The van der Waals surface area contributed by atoms with Crippen LogP contribution < -0.4 is 5.32 Å². The minimum atomic E-state index is -0.361. The lowest BCUT2D eigenvalue weighted by atomic mass is 10.2. The fraction of sp³-hybridized carbons (Fsp3) is 0.0667. The first-order valence-corrected chi connectivity index (χ1v) is 6.92. The Morgan fingerprint density at radius 2 is 2.00 bits per heavy atom. The Hall–Kier alpha value is -2.40. The number of phenolic OH excluding ortho intramolecular Hbond substituents is 1. The number of carbonyl (C=O) groups excluding carboxylic acids is 1. The third-order valence-corrected chi connectivity index (χ3v) is 3.93. The van der Waals surface area contributed by atoms with Gasteiger partial charge in [-0.05, 0) is 30.7 Å². The molecule has 1 amide bonds. The zero-order valence-electron chi connectivity index (χ0n) is 10.8. The molecule has 0 bridgehead atoms. The van der Waals surface area contributed by atoms with Gasteiger partial charge in [0, 0.05) is 0 Å². The Morgan fingerprint density at radius 3 is 2.75 bits per heavy atom. The number of fused-ring (bicyclic) bond motifs is 1. The number of aromatic nitrogens is 1. The van der Waals surface area contributed by atoms with Gasteiger partial charge in [-0.3, -0.25) is 10.1 Å². The Balaban J connectivity index is 1.92. The molecular formula is C15H12N2O2S. The van der Waals surface area contributed by atoms with Gasteiger partial charge in [0.05, 0.1) is 15.8 Å². The quantitative estimate of drug-likeness (QED) is 0.756. The topological polar surface area (TPSA) is 62.2 Å². The number of nitrogens with one attached hydrogen (secondary N) is 1. The van der Waals surface area contributed by atoms with Crippen molar-refractivity contribution in [1.82, 2.24) is 4.98 Å². The molecule has 0 atom stereocenters. The number of nitrogens with zero attached hydrogens (tertiary/aromatic N) is 1. The molecule has 0 radical (unpaired) electrons. The van der Waals surface area contributed by atoms with E-state index in [1.54, 1.807) is 18.2 Å². The number of rotatable bonds is 2. The standard InChI is InChI=1S/C15H12N2O2S/c1-9-5-4-8-12-13(9)16-15(20-12)17-14(19)10-6-2-3-7-11(10)18/h2-8,18H,1H3,(H,16,17,19). The van der Waals surface area contributed by atoms with E-state index < -0.39 is 0 Å². The minimum Gasteiger partial charge on any atom is -0.507 e. The third kappa shape index (κ3) is 2.23. The number of benzene rings is 2. The van der Waals surface area contributed by atoms with Crippen LogP contribution in [0.3, 0.4) is 0 Å². The molecule has 3 rings (SSSR count). The summed E-state index contributed by atoms with van der Waals surface area (Å²) in [6.07, 6.45) is 0. The van der Waals surface area contributed by atoms with Gasteiger partial charge < -0.3 is 5.11 Å². The average molecular weight is 284 g/mol. The molecule has 100 valence electrons. The van der Waals surface area contributed by atoms with Crippen molar-refractivity contribution in [3.63, 3.8) is 0 Å². The van der Waals surface area contributed by atoms with Crippen molar-refractivity contribution in [2.45, 2.75) is 6.92 Å². The van der Waals surface area contributed by atoms with Crippen molar-refractivity contribution in [1.29, 1.82) is 0 Å². The summed E-state index contributed by atoms with van der Waals surface area (Å²) in [5, 5.41) is 12.9. The van der Waals surface area contributed by atoms with Crippen LogP contribution in [-0.4, -0.2) is 16.0 Å². The summed E-state index contributed by atoms with van der Waals surface area (Å²) in [6, 6.07) is 12.3. The highest BCUT2D eigenvalue weighted by Crippen LogP contribution is 2.28. The van der Waals surface area contributed by atoms with E-state index in [2.05, 4.69) is 10.3 Å². The molecule has 0 saturated carbocycles. The second kappa shape index (κ2) is 4.94. The van der Waals surface area contributed by atoms with E-state index in [0.29, 0.717) is 5.13 Å². The molecule has 2 N–H and O–H groups in total. The zero-order valence-corrected chi connectivity index (χ0v) is 11.6. The number of carbonyl (C=O) groups is 1. The summed E-state index contributed by atoms with van der Waals surface area (Å²) in [6.45, 7) is 1.98. The van der Waals surface area contributed by atoms with E-state index in [1.165, 1.54) is 17.4 Å². The minimum absolute atomic E-state index is 0.0395. The van der Waals surface area contributed by atoms with Crippen molar-refractivity contribution in [3.8, 4) is 5.75 Å². The summed E-state index contributed by atoms with van der Waals surface area (Å²) in [4.78, 5) is 16.5. The van der Waals surface area contributed by atoms with Crippen LogP contribution in [-0.2, 0) is 0 Å². The lowest BCUT2D eigenvalue weighted by Crippen LogP contribution is -2.11. The molecule has 5 heteroatoms. The maximum Gasteiger partial charge on any atom is 0.261 e. The Morgan fingerprint density at radius 1 is 1.20 bits per heavy atom. The van der Waals surface area contributed by atoms with Gasteiger partial charge in [0.15, 0.2) is 5.13 Å². The van der Waals surface area contributed by atoms with Crippen LogP contribution >= 0.6 is 11.3 Å². The van der Waals surface area contributed by atoms with Gasteiger partial charge in [0.2, 0.25) is 0 Å². The monoisotopic (exact) mass is 284 g/mol. The zero-order chi connectivity index (χ0) is 14.1. The molecular weight excluding hydrogens is 272 g/mol. The highest BCUT2D eigenvalue weighted by molar-refractivity contribution is 7.22. The van der Waals surface area contributed by atoms with Crippen LogP contribution in [0.15, 0.2) is 42.5 Å². The van der Waals surface area contributed by atoms with E-state index in [4.69, 9.17) is 0 Å². The Kier molecular flexibility index (Phi) is 3.12. The maximum atomic E-state index is 12.1. The van der Waals surface area contributed by atoms with Crippen molar-refractivity contribution < 1.29 is 9.90 Å². The molecule has 0 saturated heterocycles. The lowest BCUT2D eigenvalue weighted by Gasteiger charge is -2.03. The van der Waals surface area contributed by atoms with Crippen LogP contribution in [0.1, 0.15) is 15.9 Å². The fourth-order valence-corrected chi connectivity index (χ4v) is 2.91.